The molecule has 0 atom stereocenters. The number of piperazine rings is 1. The Morgan fingerprint density at radius 3 is 2.58 bits per heavy atom. The van der Waals surface area contributed by atoms with Gasteiger partial charge in [0.1, 0.15) is 11.5 Å². The first-order chi connectivity index (χ1) is 16.1. The smallest absolute Gasteiger partial charge is 0.268 e. The van der Waals surface area contributed by atoms with Gasteiger partial charge in [-0.1, -0.05) is 24.3 Å². The summed E-state index contributed by atoms with van der Waals surface area (Å²) in [5.41, 5.74) is 2.81. The van der Waals surface area contributed by atoms with E-state index in [9.17, 15) is 9.18 Å². The number of carbonyl (C=O) groups is 1. The Balaban J connectivity index is 0.00000171. The maximum Gasteiger partial charge on any atom is 0.268 e. The molecule has 2 aromatic carbocycles. The van der Waals surface area contributed by atoms with Gasteiger partial charge in [0.25, 0.3) is 11.8 Å². The van der Waals surface area contributed by atoms with Crippen LogP contribution in [0.3, 0.4) is 0 Å². The van der Waals surface area contributed by atoms with Crippen LogP contribution in [0.15, 0.2) is 59.1 Å². The first-order valence-electron chi connectivity index (χ1n) is 10.6. The molecule has 1 N–H and O–H groups in total. The van der Waals surface area contributed by atoms with Gasteiger partial charge in [0.05, 0.1) is 23.1 Å². The molecule has 3 heterocycles. The second kappa shape index (κ2) is 8.87. The minimum absolute atomic E-state index is 0. The van der Waals surface area contributed by atoms with Crippen LogP contribution in [-0.4, -0.2) is 57.2 Å². The van der Waals surface area contributed by atoms with Gasteiger partial charge in [0.2, 0.25) is 5.89 Å². The molecule has 8 nitrogen and oxygen atoms in total. The average molecular weight is 449 g/mol. The summed E-state index contributed by atoms with van der Waals surface area (Å²) in [6.07, 6.45) is 1.56. The predicted molar refractivity (Wildman–Crippen MR) is 124 cm³/mol. The molecule has 33 heavy (non-hydrogen) atoms. The lowest BCUT2D eigenvalue weighted by Gasteiger charge is -2.27. The first-order valence-corrected chi connectivity index (χ1v) is 10.6. The zero-order valence-electron chi connectivity index (χ0n) is 18.0. The Kier molecular flexibility index (Phi) is 5.62. The van der Waals surface area contributed by atoms with E-state index in [0.717, 1.165) is 5.56 Å². The Morgan fingerprint density at radius 1 is 1.06 bits per heavy atom. The number of hydrogen-bond acceptors (Lipinski definition) is 7. The highest BCUT2D eigenvalue weighted by atomic mass is 19.1. The average Bonchev–Trinajstić information content (AvgIpc) is 3.35. The molecule has 0 radical (unpaired) electrons. The second-order valence-corrected chi connectivity index (χ2v) is 7.70. The number of halogens is 1. The van der Waals surface area contributed by atoms with Gasteiger partial charge in [0, 0.05) is 40.2 Å². The molecule has 4 aromatic rings. The summed E-state index contributed by atoms with van der Waals surface area (Å²) in [5.74, 6) is -0.301. The first kappa shape index (κ1) is 20.9. The number of hydrogen-bond donors (Lipinski definition) is 1. The molecule has 1 saturated heterocycles. The largest absolute Gasteiger partial charge is 0.415 e. The van der Waals surface area contributed by atoms with Crippen LogP contribution >= 0.6 is 0 Å². The molecule has 170 valence electrons. The van der Waals surface area contributed by atoms with Crippen molar-refractivity contribution in [3.8, 4) is 34.3 Å². The molecule has 5 rings (SSSR count). The summed E-state index contributed by atoms with van der Waals surface area (Å²) < 4.78 is 20.7. The van der Waals surface area contributed by atoms with Crippen molar-refractivity contribution in [1.29, 1.82) is 0 Å². The molecule has 0 unspecified atom stereocenters. The molecule has 1 amide bonds. The maximum absolute atomic E-state index is 14.9. The van der Waals surface area contributed by atoms with Crippen LogP contribution in [0, 0.1) is 12.7 Å². The number of amides is 1. The van der Waals surface area contributed by atoms with Gasteiger partial charge in [-0.2, -0.15) is 0 Å². The Bertz CT molecular complexity index is 1310. The normalized spacial score (nSPS) is 13.8. The third kappa shape index (κ3) is 4.22. The molecular weight excluding hydrogens is 423 g/mol. The van der Waals surface area contributed by atoms with Gasteiger partial charge in [-0.05, 0) is 31.2 Å². The SMILES string of the molecule is Cc1ncc(-c2ccc(C(=O)N3CCNCC3)c(F)c2)nc1-c1nnc(-c2ccccc2)o1.[HH].[HH]. The molecular formula is C24H25FN6O2. The Hall–Kier alpha value is -3.98. The van der Waals surface area contributed by atoms with E-state index in [-0.39, 0.29) is 20.2 Å². The summed E-state index contributed by atoms with van der Waals surface area (Å²) in [7, 11) is 0. The van der Waals surface area contributed by atoms with E-state index >= 15 is 0 Å². The maximum atomic E-state index is 14.9. The molecule has 1 aliphatic heterocycles. The lowest BCUT2D eigenvalue weighted by Crippen LogP contribution is -2.46. The fraction of sp³-hybridized carbons (Fsp3) is 0.208. The van der Waals surface area contributed by atoms with E-state index in [4.69, 9.17) is 4.42 Å². The molecule has 0 bridgehead atoms. The van der Waals surface area contributed by atoms with Crippen LogP contribution < -0.4 is 5.32 Å². The molecule has 0 saturated carbocycles. The van der Waals surface area contributed by atoms with Crippen molar-refractivity contribution in [3.63, 3.8) is 0 Å². The van der Waals surface area contributed by atoms with Crippen LogP contribution in [0.5, 0.6) is 0 Å². The lowest BCUT2D eigenvalue weighted by molar-refractivity contribution is 0.0731. The number of carbonyl (C=O) groups excluding carboxylic acids is 1. The Morgan fingerprint density at radius 2 is 1.82 bits per heavy atom. The van der Waals surface area contributed by atoms with E-state index < -0.39 is 5.82 Å². The molecule has 9 heteroatoms. The fourth-order valence-electron chi connectivity index (χ4n) is 3.69. The van der Waals surface area contributed by atoms with Crippen LogP contribution in [0.4, 0.5) is 4.39 Å². The third-order valence-corrected chi connectivity index (χ3v) is 5.50. The van der Waals surface area contributed by atoms with Crippen molar-refractivity contribution < 1.29 is 16.5 Å². The summed E-state index contributed by atoms with van der Waals surface area (Å²) >= 11 is 0. The van der Waals surface area contributed by atoms with Crippen LogP contribution in [-0.2, 0) is 0 Å². The highest BCUT2D eigenvalue weighted by Gasteiger charge is 2.22. The molecule has 0 spiro atoms. The summed E-state index contributed by atoms with van der Waals surface area (Å²) in [4.78, 5) is 23.3. The molecule has 0 aliphatic carbocycles. The van der Waals surface area contributed by atoms with E-state index in [0.29, 0.717) is 54.7 Å². The van der Waals surface area contributed by atoms with Gasteiger partial charge < -0.3 is 14.6 Å². The zero-order chi connectivity index (χ0) is 22.8. The van der Waals surface area contributed by atoms with Crippen molar-refractivity contribution in [2.24, 2.45) is 0 Å². The van der Waals surface area contributed by atoms with Crippen molar-refractivity contribution >= 4 is 5.91 Å². The van der Waals surface area contributed by atoms with Gasteiger partial charge in [-0.25, -0.2) is 9.37 Å². The third-order valence-electron chi connectivity index (χ3n) is 5.50. The molecule has 1 aliphatic rings. The minimum Gasteiger partial charge on any atom is -0.415 e. The summed E-state index contributed by atoms with van der Waals surface area (Å²) in [5, 5.41) is 11.4. The summed E-state index contributed by atoms with van der Waals surface area (Å²) in [6.45, 7) is 4.31. The predicted octanol–water partition coefficient (Wildman–Crippen LogP) is 3.85. The minimum atomic E-state index is -0.593. The number of aromatic nitrogens is 4. The number of nitrogens with one attached hydrogen (secondary N) is 1. The fourth-order valence-corrected chi connectivity index (χ4v) is 3.69. The number of aryl methyl sites for hydroxylation is 1. The zero-order valence-corrected chi connectivity index (χ0v) is 18.0. The van der Waals surface area contributed by atoms with E-state index in [1.807, 2.05) is 30.3 Å². The topological polar surface area (TPSA) is 97.0 Å². The number of benzene rings is 2. The monoisotopic (exact) mass is 448 g/mol. The summed E-state index contributed by atoms with van der Waals surface area (Å²) in [6, 6.07) is 13.9. The van der Waals surface area contributed by atoms with Gasteiger partial charge in [0.15, 0.2) is 0 Å². The molecule has 1 fully saturated rings. The van der Waals surface area contributed by atoms with Crippen molar-refractivity contribution in [2.45, 2.75) is 6.92 Å². The van der Waals surface area contributed by atoms with Crippen LogP contribution in [0.1, 0.15) is 18.9 Å². The quantitative estimate of drug-likeness (QED) is 0.506. The van der Waals surface area contributed by atoms with Gasteiger partial charge in [-0.3, -0.25) is 9.78 Å². The van der Waals surface area contributed by atoms with Crippen LogP contribution in [0.25, 0.3) is 34.3 Å². The lowest BCUT2D eigenvalue weighted by atomic mass is 10.1. The van der Waals surface area contributed by atoms with Crippen molar-refractivity contribution in [2.75, 3.05) is 26.2 Å². The highest BCUT2D eigenvalue weighted by molar-refractivity contribution is 5.95. The van der Waals surface area contributed by atoms with Gasteiger partial charge >= 0.3 is 0 Å². The Labute approximate surface area is 192 Å². The number of rotatable bonds is 4. The highest BCUT2D eigenvalue weighted by Crippen LogP contribution is 2.27. The van der Waals surface area contributed by atoms with Crippen LogP contribution in [0.2, 0.25) is 0 Å². The van der Waals surface area contributed by atoms with Crippen molar-refractivity contribution in [3.05, 3.63) is 71.8 Å². The molecule has 2 aromatic heterocycles. The van der Waals surface area contributed by atoms with Crippen molar-refractivity contribution in [1.82, 2.24) is 30.4 Å². The van der Waals surface area contributed by atoms with E-state index in [1.165, 1.54) is 12.1 Å². The van der Waals surface area contributed by atoms with E-state index in [2.05, 4.69) is 25.5 Å². The van der Waals surface area contributed by atoms with E-state index in [1.54, 1.807) is 24.1 Å². The second-order valence-electron chi connectivity index (χ2n) is 7.70. The van der Waals surface area contributed by atoms with Gasteiger partial charge in [-0.15, -0.1) is 10.2 Å². The number of nitrogens with zero attached hydrogens (tertiary/aromatic N) is 5. The standard InChI is InChI=1S/C24H21FN6O2.2H2/c1-15-21(23-30-29-22(33-23)16-5-3-2-4-6-16)28-20(14-27-15)17-7-8-18(19(25)13-17)24(32)31-11-9-26-10-12-31;;/h2-8,13-14,26H,9-12H2,1H3;2*1H.